The zero-order valence-electron chi connectivity index (χ0n) is 16.3. The van der Waals surface area contributed by atoms with Crippen molar-refractivity contribution in [1.29, 1.82) is 5.26 Å². The van der Waals surface area contributed by atoms with E-state index in [0.717, 1.165) is 26.4 Å². The van der Waals surface area contributed by atoms with E-state index >= 15 is 0 Å². The number of thioether (sulfide) groups is 1. The van der Waals surface area contributed by atoms with E-state index in [1.54, 1.807) is 18.3 Å². The molecule has 7 heteroatoms. The van der Waals surface area contributed by atoms with Crippen LogP contribution in [0.3, 0.4) is 0 Å². The quantitative estimate of drug-likeness (QED) is 0.466. The van der Waals surface area contributed by atoms with Gasteiger partial charge in [-0.3, -0.25) is 4.79 Å². The topological polar surface area (TPSA) is 78.7 Å². The van der Waals surface area contributed by atoms with E-state index in [9.17, 15) is 10.1 Å². The minimum atomic E-state index is -0.881. The van der Waals surface area contributed by atoms with Crippen molar-refractivity contribution in [2.45, 2.75) is 38.3 Å². The van der Waals surface area contributed by atoms with E-state index in [1.807, 2.05) is 13.8 Å². The molecule has 0 radical (unpaired) electrons. The van der Waals surface area contributed by atoms with E-state index in [-0.39, 0.29) is 17.6 Å². The van der Waals surface area contributed by atoms with Crippen LogP contribution in [0.4, 0.5) is 0 Å². The molecule has 0 spiro atoms. The van der Waals surface area contributed by atoms with Crippen molar-refractivity contribution in [2.75, 3.05) is 5.75 Å². The summed E-state index contributed by atoms with van der Waals surface area (Å²) in [5, 5.41) is 16.1. The number of aryl methyl sites for hydroxylation is 1. The van der Waals surface area contributed by atoms with Gasteiger partial charge in [-0.05, 0) is 25.3 Å². The SMILES string of the molecule is Cc1ccc(-c2csc3ncnc(SCC(=O)N[C@](C)(C#N)C(C)C)c23)cc1. The molecule has 0 unspecified atom stereocenters. The number of aromatic nitrogens is 2. The Balaban J connectivity index is 1.84. The van der Waals surface area contributed by atoms with Gasteiger partial charge >= 0.3 is 0 Å². The maximum atomic E-state index is 12.4. The van der Waals surface area contributed by atoms with E-state index in [2.05, 4.69) is 57.9 Å². The molecule has 3 aromatic rings. The van der Waals surface area contributed by atoms with E-state index in [1.165, 1.54) is 23.7 Å². The fourth-order valence-corrected chi connectivity index (χ4v) is 4.46. The molecule has 1 N–H and O–H groups in total. The third-order valence-electron chi connectivity index (χ3n) is 4.82. The summed E-state index contributed by atoms with van der Waals surface area (Å²) in [6.07, 6.45) is 1.53. The van der Waals surface area contributed by atoms with Gasteiger partial charge in [0.05, 0.1) is 17.2 Å². The van der Waals surface area contributed by atoms with Crippen LogP contribution < -0.4 is 5.32 Å². The first-order valence-corrected chi connectivity index (χ1v) is 10.8. The summed E-state index contributed by atoms with van der Waals surface area (Å²) >= 11 is 2.94. The molecule has 0 aliphatic rings. The smallest absolute Gasteiger partial charge is 0.231 e. The summed E-state index contributed by atoms with van der Waals surface area (Å²) < 4.78 is 0. The maximum absolute atomic E-state index is 12.4. The molecule has 0 saturated carbocycles. The van der Waals surface area contributed by atoms with Crippen molar-refractivity contribution in [3.8, 4) is 17.2 Å². The standard InChI is InChI=1S/C21H22N4OS2/c1-13(2)21(4,11-22)25-17(26)10-28-20-18-16(9-27-19(18)23-12-24-20)15-7-5-14(3)6-8-15/h5-9,12-13H,10H2,1-4H3,(H,25,26)/t21-/m1/s1. The van der Waals surface area contributed by atoms with Crippen LogP contribution in [-0.4, -0.2) is 27.2 Å². The number of nitrogens with one attached hydrogen (secondary N) is 1. The summed E-state index contributed by atoms with van der Waals surface area (Å²) in [7, 11) is 0. The molecule has 2 heterocycles. The lowest BCUT2D eigenvalue weighted by atomic mass is 9.90. The molecule has 1 aromatic carbocycles. The number of carbonyl (C=O) groups excluding carboxylic acids is 1. The molecule has 2 aromatic heterocycles. The van der Waals surface area contributed by atoms with Crippen molar-refractivity contribution in [3.63, 3.8) is 0 Å². The number of fused-ring (bicyclic) bond motifs is 1. The third-order valence-corrected chi connectivity index (χ3v) is 6.70. The lowest BCUT2D eigenvalue weighted by Gasteiger charge is -2.27. The molecule has 1 atom stereocenters. The summed E-state index contributed by atoms with van der Waals surface area (Å²) in [5.74, 6) is 0.0306. The first-order valence-electron chi connectivity index (χ1n) is 8.98. The van der Waals surface area contributed by atoms with Gasteiger partial charge in [0.15, 0.2) is 0 Å². The number of amides is 1. The van der Waals surface area contributed by atoms with Gasteiger partial charge in [-0.2, -0.15) is 5.26 Å². The Labute approximate surface area is 173 Å². The largest absolute Gasteiger partial charge is 0.337 e. The Morgan fingerprint density at radius 3 is 2.68 bits per heavy atom. The lowest BCUT2D eigenvalue weighted by molar-refractivity contribution is -0.120. The average Bonchev–Trinajstić information content (AvgIpc) is 3.11. The van der Waals surface area contributed by atoms with Crippen LogP contribution in [0.25, 0.3) is 21.3 Å². The number of thiophene rings is 1. The Morgan fingerprint density at radius 2 is 2.04 bits per heavy atom. The molecule has 0 fully saturated rings. The molecule has 1 amide bonds. The van der Waals surface area contributed by atoms with Gasteiger partial charge in [0, 0.05) is 10.9 Å². The van der Waals surface area contributed by atoms with Crippen LogP contribution >= 0.6 is 23.1 Å². The normalized spacial score (nSPS) is 13.3. The van der Waals surface area contributed by atoms with E-state index < -0.39 is 5.54 Å². The first-order chi connectivity index (χ1) is 13.3. The molecule has 3 rings (SSSR count). The van der Waals surface area contributed by atoms with Crippen molar-refractivity contribution in [3.05, 3.63) is 41.5 Å². The number of nitriles is 1. The summed E-state index contributed by atoms with van der Waals surface area (Å²) in [6.45, 7) is 7.65. The molecular formula is C21H22N4OS2. The Hall–Kier alpha value is -2.43. The fraction of sp³-hybridized carbons (Fsp3) is 0.333. The third kappa shape index (κ3) is 4.18. The highest BCUT2D eigenvalue weighted by molar-refractivity contribution is 8.00. The minimum Gasteiger partial charge on any atom is -0.337 e. The van der Waals surface area contributed by atoms with Crippen LogP contribution in [0.15, 0.2) is 41.0 Å². The minimum absolute atomic E-state index is 0.0159. The molecule has 0 aliphatic carbocycles. The molecule has 0 aliphatic heterocycles. The van der Waals surface area contributed by atoms with Gasteiger partial charge in [0.25, 0.3) is 0 Å². The lowest BCUT2D eigenvalue weighted by Crippen LogP contribution is -2.49. The first kappa shape index (κ1) is 20.3. The van der Waals surface area contributed by atoms with Gasteiger partial charge in [-0.25, -0.2) is 9.97 Å². The van der Waals surface area contributed by atoms with Crippen molar-refractivity contribution in [1.82, 2.24) is 15.3 Å². The zero-order chi connectivity index (χ0) is 20.3. The van der Waals surface area contributed by atoms with E-state index in [4.69, 9.17) is 0 Å². The van der Waals surface area contributed by atoms with Gasteiger partial charge < -0.3 is 5.32 Å². The Bertz CT molecular complexity index is 1040. The predicted octanol–water partition coefficient (Wildman–Crippen LogP) is 4.81. The average molecular weight is 411 g/mol. The molecular weight excluding hydrogens is 388 g/mol. The molecule has 0 saturated heterocycles. The van der Waals surface area contributed by atoms with Crippen LogP contribution in [-0.2, 0) is 4.79 Å². The van der Waals surface area contributed by atoms with Crippen molar-refractivity contribution < 1.29 is 4.79 Å². The molecule has 5 nitrogen and oxygen atoms in total. The highest BCUT2D eigenvalue weighted by Crippen LogP contribution is 2.37. The molecule has 144 valence electrons. The summed E-state index contributed by atoms with van der Waals surface area (Å²) in [5.41, 5.74) is 2.51. The summed E-state index contributed by atoms with van der Waals surface area (Å²) in [6, 6.07) is 10.5. The monoisotopic (exact) mass is 410 g/mol. The second kappa shape index (κ2) is 8.29. The highest BCUT2D eigenvalue weighted by Gasteiger charge is 2.30. The number of hydrogen-bond donors (Lipinski definition) is 1. The van der Waals surface area contributed by atoms with Gasteiger partial charge in [0.2, 0.25) is 5.91 Å². The number of rotatable bonds is 6. The number of carbonyl (C=O) groups is 1. The van der Waals surface area contributed by atoms with Crippen molar-refractivity contribution >= 4 is 39.2 Å². The van der Waals surface area contributed by atoms with Crippen LogP contribution in [0, 0.1) is 24.2 Å². The Kier molecular flexibility index (Phi) is 6.01. The maximum Gasteiger partial charge on any atom is 0.231 e. The molecule has 0 bridgehead atoms. The van der Waals surface area contributed by atoms with Gasteiger partial charge in [0.1, 0.15) is 21.7 Å². The Morgan fingerprint density at radius 1 is 1.32 bits per heavy atom. The second-order valence-corrected chi connectivity index (χ2v) is 9.00. The van der Waals surface area contributed by atoms with Gasteiger partial charge in [-0.1, -0.05) is 55.4 Å². The number of nitrogens with zero attached hydrogens (tertiary/aromatic N) is 3. The number of benzene rings is 1. The predicted molar refractivity (Wildman–Crippen MR) is 115 cm³/mol. The second-order valence-electron chi connectivity index (χ2n) is 7.18. The van der Waals surface area contributed by atoms with Gasteiger partial charge in [-0.15, -0.1) is 11.3 Å². The molecule has 28 heavy (non-hydrogen) atoms. The van der Waals surface area contributed by atoms with Crippen LogP contribution in [0.1, 0.15) is 26.3 Å². The summed E-state index contributed by atoms with van der Waals surface area (Å²) in [4.78, 5) is 22.1. The van der Waals surface area contributed by atoms with Crippen LogP contribution in [0.2, 0.25) is 0 Å². The fourth-order valence-electron chi connectivity index (χ4n) is 2.66. The van der Waals surface area contributed by atoms with E-state index in [0.29, 0.717) is 0 Å². The zero-order valence-corrected chi connectivity index (χ0v) is 17.9. The van der Waals surface area contributed by atoms with Crippen molar-refractivity contribution in [2.24, 2.45) is 5.92 Å². The van der Waals surface area contributed by atoms with Crippen LogP contribution in [0.5, 0.6) is 0 Å². The highest BCUT2D eigenvalue weighted by atomic mass is 32.2. The number of hydrogen-bond acceptors (Lipinski definition) is 6.